The van der Waals surface area contributed by atoms with Gasteiger partial charge in [0.1, 0.15) is 0 Å². The molecule has 2 rings (SSSR count). The first-order valence-electron chi connectivity index (χ1n) is 7.67. The van der Waals surface area contributed by atoms with Crippen LogP contribution in [-0.2, 0) is 17.6 Å². The van der Waals surface area contributed by atoms with Gasteiger partial charge in [0.15, 0.2) is 0 Å². The van der Waals surface area contributed by atoms with Crippen LogP contribution in [0, 0.1) is 5.92 Å². The van der Waals surface area contributed by atoms with Crippen LogP contribution in [0.5, 0.6) is 0 Å². The van der Waals surface area contributed by atoms with Crippen LogP contribution in [0.15, 0.2) is 24.3 Å². The normalized spacial score (nSPS) is 17.9. The molecule has 0 saturated carbocycles. The molecule has 4 heteroatoms. The third-order valence-corrected chi connectivity index (χ3v) is 3.99. The van der Waals surface area contributed by atoms with Crippen molar-refractivity contribution in [2.75, 3.05) is 13.1 Å². The van der Waals surface area contributed by atoms with Gasteiger partial charge in [0, 0.05) is 19.1 Å². The van der Waals surface area contributed by atoms with Gasteiger partial charge in [-0.25, -0.2) is 0 Å². The number of amides is 1. The molecule has 2 N–H and O–H groups in total. The lowest BCUT2D eigenvalue weighted by Gasteiger charge is -2.23. The number of nitrogens with two attached hydrogens (primary N) is 1. The molecule has 0 radical (unpaired) electrons. The fourth-order valence-electron chi connectivity index (χ4n) is 2.95. The van der Waals surface area contributed by atoms with Gasteiger partial charge in [-0.1, -0.05) is 38.1 Å². The van der Waals surface area contributed by atoms with E-state index in [1.54, 1.807) is 0 Å². The van der Waals surface area contributed by atoms with E-state index in [0.29, 0.717) is 18.9 Å². The highest BCUT2D eigenvalue weighted by Crippen LogP contribution is 2.18. The SMILES string of the molecule is CC(C)Cc1ccc(CC(=O)N2CCCC2CN)cc1.Cl. The molecule has 118 valence electrons. The Kier molecular flexibility index (Phi) is 7.20. The van der Waals surface area contributed by atoms with Gasteiger partial charge in [-0.2, -0.15) is 0 Å². The van der Waals surface area contributed by atoms with E-state index in [-0.39, 0.29) is 24.4 Å². The van der Waals surface area contributed by atoms with E-state index in [9.17, 15) is 4.79 Å². The predicted octanol–water partition coefficient (Wildman–Crippen LogP) is 2.80. The quantitative estimate of drug-likeness (QED) is 0.909. The lowest BCUT2D eigenvalue weighted by Crippen LogP contribution is -2.40. The third-order valence-electron chi connectivity index (χ3n) is 3.99. The van der Waals surface area contributed by atoms with Crippen LogP contribution in [0.3, 0.4) is 0 Å². The summed E-state index contributed by atoms with van der Waals surface area (Å²) in [5, 5.41) is 0. The molecule has 1 aliphatic rings. The van der Waals surface area contributed by atoms with Crippen LogP contribution in [0.25, 0.3) is 0 Å². The summed E-state index contributed by atoms with van der Waals surface area (Å²) in [7, 11) is 0. The molecule has 1 aromatic rings. The largest absolute Gasteiger partial charge is 0.338 e. The summed E-state index contributed by atoms with van der Waals surface area (Å²) in [6.45, 7) is 5.89. The predicted molar refractivity (Wildman–Crippen MR) is 89.7 cm³/mol. The van der Waals surface area contributed by atoms with Gasteiger partial charge in [-0.15, -0.1) is 12.4 Å². The van der Waals surface area contributed by atoms with Crippen LogP contribution in [-0.4, -0.2) is 29.9 Å². The number of nitrogens with zero attached hydrogens (tertiary/aromatic N) is 1. The first-order chi connectivity index (χ1) is 9.60. The average Bonchev–Trinajstić information content (AvgIpc) is 2.89. The van der Waals surface area contributed by atoms with E-state index >= 15 is 0 Å². The number of rotatable bonds is 5. The highest BCUT2D eigenvalue weighted by molar-refractivity contribution is 5.85. The molecule has 0 bridgehead atoms. The Balaban J connectivity index is 0.00000220. The van der Waals surface area contributed by atoms with E-state index in [1.165, 1.54) is 5.56 Å². The van der Waals surface area contributed by atoms with Crippen molar-refractivity contribution in [2.24, 2.45) is 11.7 Å². The Bertz CT molecular complexity index is 445. The summed E-state index contributed by atoms with van der Waals surface area (Å²) < 4.78 is 0. The Morgan fingerprint density at radius 2 is 1.90 bits per heavy atom. The van der Waals surface area contributed by atoms with Crippen LogP contribution in [0.2, 0.25) is 0 Å². The van der Waals surface area contributed by atoms with E-state index < -0.39 is 0 Å². The monoisotopic (exact) mass is 310 g/mol. The van der Waals surface area contributed by atoms with Crippen molar-refractivity contribution in [1.29, 1.82) is 0 Å². The van der Waals surface area contributed by atoms with Crippen molar-refractivity contribution in [3.8, 4) is 0 Å². The van der Waals surface area contributed by atoms with Gasteiger partial charge in [0.2, 0.25) is 5.91 Å². The molecule has 3 nitrogen and oxygen atoms in total. The standard InChI is InChI=1S/C17H26N2O.ClH/c1-13(2)10-14-5-7-15(8-6-14)11-17(20)19-9-3-4-16(19)12-18;/h5-8,13,16H,3-4,9-12,18H2,1-2H3;1H. The summed E-state index contributed by atoms with van der Waals surface area (Å²) in [6.07, 6.45) is 3.73. The van der Waals surface area contributed by atoms with Gasteiger partial charge in [-0.3, -0.25) is 4.79 Å². The van der Waals surface area contributed by atoms with Crippen LogP contribution >= 0.6 is 12.4 Å². The lowest BCUT2D eigenvalue weighted by molar-refractivity contribution is -0.131. The summed E-state index contributed by atoms with van der Waals surface area (Å²) in [6, 6.07) is 8.72. The Morgan fingerprint density at radius 3 is 2.48 bits per heavy atom. The minimum atomic E-state index is 0. The fraction of sp³-hybridized carbons (Fsp3) is 0.588. The number of benzene rings is 1. The number of carbonyl (C=O) groups excluding carboxylic acids is 1. The van der Waals surface area contributed by atoms with Crippen molar-refractivity contribution < 1.29 is 4.79 Å². The second kappa shape index (κ2) is 8.40. The molecule has 1 aromatic carbocycles. The second-order valence-corrected chi connectivity index (χ2v) is 6.21. The molecule has 1 heterocycles. The number of hydrogen-bond acceptors (Lipinski definition) is 2. The fourth-order valence-corrected chi connectivity index (χ4v) is 2.95. The number of likely N-dealkylation sites (tertiary alicyclic amines) is 1. The summed E-state index contributed by atoms with van der Waals surface area (Å²) in [4.78, 5) is 14.3. The molecule has 0 spiro atoms. The molecule has 1 unspecified atom stereocenters. The lowest BCUT2D eigenvalue weighted by atomic mass is 10.0. The zero-order valence-electron chi connectivity index (χ0n) is 13.0. The Morgan fingerprint density at radius 1 is 1.29 bits per heavy atom. The molecule has 1 atom stereocenters. The maximum Gasteiger partial charge on any atom is 0.227 e. The molecule has 1 amide bonds. The zero-order chi connectivity index (χ0) is 14.5. The molecule has 1 saturated heterocycles. The molecule has 0 aliphatic carbocycles. The highest BCUT2D eigenvalue weighted by atomic mass is 35.5. The van der Waals surface area contributed by atoms with Gasteiger partial charge >= 0.3 is 0 Å². The summed E-state index contributed by atoms with van der Waals surface area (Å²) >= 11 is 0. The minimum Gasteiger partial charge on any atom is -0.338 e. The number of hydrogen-bond donors (Lipinski definition) is 1. The highest BCUT2D eigenvalue weighted by Gasteiger charge is 2.27. The van der Waals surface area contributed by atoms with Crippen molar-refractivity contribution in [1.82, 2.24) is 4.90 Å². The Hall–Kier alpha value is -1.06. The first kappa shape index (κ1) is 18.0. The van der Waals surface area contributed by atoms with Crippen LogP contribution < -0.4 is 5.73 Å². The van der Waals surface area contributed by atoms with Crippen molar-refractivity contribution in [2.45, 2.75) is 45.6 Å². The topological polar surface area (TPSA) is 46.3 Å². The minimum absolute atomic E-state index is 0. The van der Waals surface area contributed by atoms with E-state index in [0.717, 1.165) is 31.4 Å². The van der Waals surface area contributed by atoms with Gasteiger partial charge in [-0.05, 0) is 36.3 Å². The number of halogens is 1. The Labute approximate surface area is 134 Å². The molecule has 1 fully saturated rings. The maximum absolute atomic E-state index is 12.3. The summed E-state index contributed by atoms with van der Waals surface area (Å²) in [5.74, 6) is 0.881. The van der Waals surface area contributed by atoms with E-state index in [1.807, 2.05) is 4.90 Å². The smallest absolute Gasteiger partial charge is 0.227 e. The van der Waals surface area contributed by atoms with Gasteiger partial charge < -0.3 is 10.6 Å². The average molecular weight is 311 g/mol. The molecule has 21 heavy (non-hydrogen) atoms. The van der Waals surface area contributed by atoms with Crippen molar-refractivity contribution in [3.05, 3.63) is 35.4 Å². The van der Waals surface area contributed by atoms with Crippen molar-refractivity contribution in [3.63, 3.8) is 0 Å². The zero-order valence-corrected chi connectivity index (χ0v) is 13.9. The summed E-state index contributed by atoms with van der Waals surface area (Å²) in [5.41, 5.74) is 8.17. The maximum atomic E-state index is 12.3. The van der Waals surface area contributed by atoms with Crippen LogP contribution in [0.4, 0.5) is 0 Å². The van der Waals surface area contributed by atoms with Gasteiger partial charge in [0.25, 0.3) is 0 Å². The molecular weight excluding hydrogens is 284 g/mol. The van der Waals surface area contributed by atoms with E-state index in [2.05, 4.69) is 38.1 Å². The van der Waals surface area contributed by atoms with Crippen LogP contribution in [0.1, 0.15) is 37.8 Å². The second-order valence-electron chi connectivity index (χ2n) is 6.21. The molecular formula is C17H27ClN2O. The number of carbonyl (C=O) groups is 1. The molecule has 1 aliphatic heterocycles. The molecule has 0 aromatic heterocycles. The van der Waals surface area contributed by atoms with Gasteiger partial charge in [0.05, 0.1) is 6.42 Å². The van der Waals surface area contributed by atoms with Crippen molar-refractivity contribution >= 4 is 18.3 Å². The van der Waals surface area contributed by atoms with E-state index in [4.69, 9.17) is 5.73 Å². The third kappa shape index (κ3) is 5.01. The first-order valence-corrected chi connectivity index (χ1v) is 7.67.